The van der Waals surface area contributed by atoms with Crippen LogP contribution in [0.2, 0.25) is 0 Å². The maximum atomic E-state index is 13.9. The molecule has 0 aliphatic heterocycles. The van der Waals surface area contributed by atoms with E-state index in [1.807, 2.05) is 31.8 Å². The zero-order chi connectivity index (χ0) is 13.7. The highest BCUT2D eigenvalue weighted by molar-refractivity contribution is 7.98. The summed E-state index contributed by atoms with van der Waals surface area (Å²) in [4.78, 5) is 2.12. The van der Waals surface area contributed by atoms with Crippen LogP contribution >= 0.6 is 11.8 Å². The zero-order valence-corrected chi connectivity index (χ0v) is 12.4. The van der Waals surface area contributed by atoms with Gasteiger partial charge in [0.15, 0.2) is 0 Å². The first-order valence-corrected chi connectivity index (χ1v) is 7.64. The van der Waals surface area contributed by atoms with Crippen LogP contribution < -0.4 is 10.6 Å². The molecule has 0 bridgehead atoms. The van der Waals surface area contributed by atoms with Crippen LogP contribution in [-0.4, -0.2) is 25.1 Å². The first-order chi connectivity index (χ1) is 8.49. The lowest BCUT2D eigenvalue weighted by molar-refractivity contribution is 0.587. The molecule has 2 N–H and O–H groups in total. The van der Waals surface area contributed by atoms with E-state index in [-0.39, 0.29) is 11.9 Å². The standard InChI is InChI=1S/C14H23FN2S/c1-10(8-9-18-4)17(3)13-7-5-6-12(15)14(13)11(2)16/h5-7,10-11H,8-9,16H2,1-4H3. The van der Waals surface area contributed by atoms with Crippen molar-refractivity contribution in [3.63, 3.8) is 0 Å². The number of nitrogens with zero attached hydrogens (tertiary/aromatic N) is 1. The van der Waals surface area contributed by atoms with Gasteiger partial charge in [0.25, 0.3) is 0 Å². The van der Waals surface area contributed by atoms with Crippen molar-refractivity contribution >= 4 is 17.4 Å². The molecule has 2 nitrogen and oxygen atoms in total. The molecule has 0 heterocycles. The van der Waals surface area contributed by atoms with E-state index in [0.717, 1.165) is 17.9 Å². The van der Waals surface area contributed by atoms with Gasteiger partial charge in [-0.05, 0) is 44.4 Å². The normalized spacial score (nSPS) is 14.3. The van der Waals surface area contributed by atoms with Gasteiger partial charge in [-0.25, -0.2) is 4.39 Å². The molecule has 0 aliphatic carbocycles. The molecule has 4 heteroatoms. The molecule has 2 unspecified atom stereocenters. The number of anilines is 1. The Morgan fingerprint density at radius 2 is 2.06 bits per heavy atom. The smallest absolute Gasteiger partial charge is 0.130 e. The molecule has 0 radical (unpaired) electrons. The molecular weight excluding hydrogens is 247 g/mol. The Bertz CT molecular complexity index is 382. The highest BCUT2D eigenvalue weighted by Gasteiger charge is 2.18. The third kappa shape index (κ3) is 3.62. The van der Waals surface area contributed by atoms with Gasteiger partial charge in [-0.3, -0.25) is 0 Å². The molecule has 18 heavy (non-hydrogen) atoms. The largest absolute Gasteiger partial charge is 0.372 e. The second kappa shape index (κ2) is 7.00. The Kier molecular flexibility index (Phi) is 5.96. The van der Waals surface area contributed by atoms with Crippen molar-refractivity contribution < 1.29 is 4.39 Å². The van der Waals surface area contributed by atoms with Crippen LogP contribution in [0, 0.1) is 5.82 Å². The highest BCUT2D eigenvalue weighted by atomic mass is 32.2. The van der Waals surface area contributed by atoms with Crippen LogP contribution in [0.4, 0.5) is 10.1 Å². The molecule has 1 aromatic rings. The number of nitrogens with two attached hydrogens (primary N) is 1. The van der Waals surface area contributed by atoms with Crippen LogP contribution in [0.15, 0.2) is 18.2 Å². The van der Waals surface area contributed by atoms with Crippen molar-refractivity contribution in [1.82, 2.24) is 0 Å². The Hall–Kier alpha value is -0.740. The summed E-state index contributed by atoms with van der Waals surface area (Å²) in [7, 11) is 2.01. The number of halogens is 1. The Labute approximate surface area is 114 Å². The van der Waals surface area contributed by atoms with Gasteiger partial charge in [-0.2, -0.15) is 11.8 Å². The summed E-state index contributed by atoms with van der Waals surface area (Å²) in [6.07, 6.45) is 3.18. The SMILES string of the molecule is CSCCC(C)N(C)c1cccc(F)c1C(C)N. The number of hydrogen-bond acceptors (Lipinski definition) is 3. The lowest BCUT2D eigenvalue weighted by Crippen LogP contribution is -2.31. The quantitative estimate of drug-likeness (QED) is 0.859. The van der Waals surface area contributed by atoms with Crippen LogP contribution in [0.3, 0.4) is 0 Å². The average molecular weight is 270 g/mol. The van der Waals surface area contributed by atoms with Crippen molar-refractivity contribution in [3.8, 4) is 0 Å². The Balaban J connectivity index is 2.97. The number of benzene rings is 1. The maximum absolute atomic E-state index is 13.9. The molecule has 2 atom stereocenters. The number of thioether (sulfide) groups is 1. The van der Waals surface area contributed by atoms with Crippen molar-refractivity contribution in [3.05, 3.63) is 29.6 Å². The van der Waals surface area contributed by atoms with E-state index in [1.54, 1.807) is 6.07 Å². The van der Waals surface area contributed by atoms with Crippen molar-refractivity contribution in [1.29, 1.82) is 0 Å². The van der Waals surface area contributed by atoms with E-state index < -0.39 is 0 Å². The fourth-order valence-corrected chi connectivity index (χ4v) is 2.58. The summed E-state index contributed by atoms with van der Waals surface area (Å²) < 4.78 is 13.9. The molecule has 0 saturated heterocycles. The van der Waals surface area contributed by atoms with Crippen molar-refractivity contribution in [2.24, 2.45) is 5.73 Å². The molecule has 102 valence electrons. The van der Waals surface area contributed by atoms with Gasteiger partial charge in [-0.15, -0.1) is 0 Å². The first kappa shape index (κ1) is 15.3. The topological polar surface area (TPSA) is 29.3 Å². The molecule has 1 aromatic carbocycles. The van der Waals surface area contributed by atoms with Crippen molar-refractivity contribution in [2.45, 2.75) is 32.4 Å². The second-order valence-electron chi connectivity index (χ2n) is 4.70. The third-order valence-corrected chi connectivity index (χ3v) is 3.91. The Morgan fingerprint density at radius 3 is 2.61 bits per heavy atom. The van der Waals surface area contributed by atoms with Crippen LogP contribution in [-0.2, 0) is 0 Å². The molecule has 0 saturated carbocycles. The third-order valence-electron chi connectivity index (χ3n) is 3.27. The predicted molar refractivity (Wildman–Crippen MR) is 79.9 cm³/mol. The van der Waals surface area contributed by atoms with Gasteiger partial charge in [-0.1, -0.05) is 6.07 Å². The molecule has 0 aliphatic rings. The summed E-state index contributed by atoms with van der Waals surface area (Å²) in [6.45, 7) is 3.98. The van der Waals surface area contributed by atoms with E-state index in [2.05, 4.69) is 18.1 Å². The van der Waals surface area contributed by atoms with Gasteiger partial charge in [0.1, 0.15) is 5.82 Å². The molecule has 0 aromatic heterocycles. The summed E-state index contributed by atoms with van der Waals surface area (Å²) in [5.74, 6) is 0.889. The Morgan fingerprint density at radius 1 is 1.39 bits per heavy atom. The first-order valence-electron chi connectivity index (χ1n) is 6.24. The van der Waals surface area contributed by atoms with Crippen LogP contribution in [0.5, 0.6) is 0 Å². The van der Waals surface area contributed by atoms with Crippen molar-refractivity contribution in [2.75, 3.05) is 24.0 Å². The average Bonchev–Trinajstić information content (AvgIpc) is 2.34. The van der Waals surface area contributed by atoms with Gasteiger partial charge >= 0.3 is 0 Å². The summed E-state index contributed by atoms with van der Waals surface area (Å²) in [6, 6.07) is 5.24. The molecule has 0 fully saturated rings. The molecular formula is C14H23FN2S. The molecule has 1 rings (SSSR count). The molecule has 0 amide bonds. The van der Waals surface area contributed by atoms with Gasteiger partial charge in [0.2, 0.25) is 0 Å². The van der Waals surface area contributed by atoms with E-state index in [9.17, 15) is 4.39 Å². The minimum absolute atomic E-state index is 0.216. The predicted octanol–water partition coefficient (Wildman–Crippen LogP) is 3.42. The van der Waals surface area contributed by atoms with E-state index in [4.69, 9.17) is 5.73 Å². The van der Waals surface area contributed by atoms with Gasteiger partial charge in [0, 0.05) is 30.4 Å². The zero-order valence-electron chi connectivity index (χ0n) is 11.6. The maximum Gasteiger partial charge on any atom is 0.130 e. The fraction of sp³-hybridized carbons (Fsp3) is 0.571. The number of hydrogen-bond donors (Lipinski definition) is 1. The van der Waals surface area contributed by atoms with E-state index in [0.29, 0.717) is 11.6 Å². The minimum atomic E-state index is -0.295. The summed E-state index contributed by atoms with van der Waals surface area (Å²) in [5, 5.41) is 0. The lowest BCUT2D eigenvalue weighted by atomic mass is 10.0. The summed E-state index contributed by atoms with van der Waals surface area (Å²) >= 11 is 1.83. The van der Waals surface area contributed by atoms with E-state index in [1.165, 1.54) is 6.07 Å². The van der Waals surface area contributed by atoms with Crippen LogP contribution in [0.25, 0.3) is 0 Å². The number of rotatable bonds is 6. The van der Waals surface area contributed by atoms with Gasteiger partial charge < -0.3 is 10.6 Å². The molecule has 0 spiro atoms. The fourth-order valence-electron chi connectivity index (χ4n) is 2.00. The summed E-state index contributed by atoms with van der Waals surface area (Å²) in [5.41, 5.74) is 7.39. The van der Waals surface area contributed by atoms with Crippen LogP contribution in [0.1, 0.15) is 31.9 Å². The highest BCUT2D eigenvalue weighted by Crippen LogP contribution is 2.28. The lowest BCUT2D eigenvalue weighted by Gasteiger charge is -2.30. The monoisotopic (exact) mass is 270 g/mol. The van der Waals surface area contributed by atoms with E-state index >= 15 is 0 Å². The van der Waals surface area contributed by atoms with Gasteiger partial charge in [0.05, 0.1) is 0 Å². The minimum Gasteiger partial charge on any atom is -0.372 e. The second-order valence-corrected chi connectivity index (χ2v) is 5.69.